The number of esters is 1. The van der Waals surface area contributed by atoms with E-state index in [1.165, 1.54) is 38.5 Å². The van der Waals surface area contributed by atoms with Crippen molar-refractivity contribution in [1.82, 2.24) is 0 Å². The molecule has 1 atom stereocenters. The monoisotopic (exact) mass is 490 g/mol. The molecule has 0 aliphatic carbocycles. The van der Waals surface area contributed by atoms with Gasteiger partial charge in [0.05, 0.1) is 13.0 Å². The molecule has 9 nitrogen and oxygen atoms in total. The molecular formula is C19H40Na2O9S. The van der Waals surface area contributed by atoms with Gasteiger partial charge in [-0.05, 0) is 12.8 Å². The predicted octanol–water partition coefficient (Wildman–Crippen LogP) is -2.88. The molecule has 0 aromatic rings. The summed E-state index contributed by atoms with van der Waals surface area (Å²) in [5, 5.41) is 22.3. The van der Waals surface area contributed by atoms with Crippen LogP contribution in [0.5, 0.6) is 0 Å². The molecule has 0 aliphatic rings. The zero-order valence-corrected chi connectivity index (χ0v) is 24.4. The molecule has 1 unspecified atom stereocenters. The smallest absolute Gasteiger partial charge is 1.00 e. The van der Waals surface area contributed by atoms with Gasteiger partial charge in [-0.1, -0.05) is 71.6 Å². The number of aliphatic carboxylic acids is 1. The van der Waals surface area contributed by atoms with Crippen LogP contribution in [-0.4, -0.2) is 58.4 Å². The number of ether oxygens (including phenoxy) is 1. The molecule has 0 amide bonds. The first-order valence-corrected chi connectivity index (χ1v) is 11.8. The van der Waals surface area contributed by atoms with Crippen LogP contribution in [0.3, 0.4) is 0 Å². The molecule has 0 aromatic carbocycles. The van der Waals surface area contributed by atoms with Crippen LogP contribution in [0.4, 0.5) is 0 Å². The van der Waals surface area contributed by atoms with Crippen LogP contribution in [0, 0.1) is 0 Å². The molecule has 12 heteroatoms. The number of carbonyl (C=O) groups excluding carboxylic acids is 1. The van der Waals surface area contributed by atoms with Crippen molar-refractivity contribution in [2.45, 2.75) is 102 Å². The number of hydrogen-bond donors (Lipinski definition) is 4. The summed E-state index contributed by atoms with van der Waals surface area (Å²) in [7, 11) is -4.78. The van der Waals surface area contributed by atoms with Gasteiger partial charge in [0.1, 0.15) is 0 Å². The molecule has 4 N–H and O–H groups in total. The normalized spacial score (nSPS) is 11.4. The molecule has 0 saturated carbocycles. The Hall–Kier alpha value is 0.770. The zero-order chi connectivity index (χ0) is 22.7. The maximum absolute atomic E-state index is 11.6. The van der Waals surface area contributed by atoms with Crippen molar-refractivity contribution in [3.05, 3.63) is 0 Å². The fraction of sp³-hybridized carbons (Fsp3) is 0.895. The Morgan fingerprint density at radius 2 is 1.26 bits per heavy atom. The van der Waals surface area contributed by atoms with Gasteiger partial charge in [-0.3, -0.25) is 14.1 Å². The zero-order valence-electron chi connectivity index (χ0n) is 21.6. The summed E-state index contributed by atoms with van der Waals surface area (Å²) in [6.45, 7) is 3.91. The van der Waals surface area contributed by atoms with E-state index in [0.717, 1.165) is 19.3 Å². The van der Waals surface area contributed by atoms with Gasteiger partial charge in [0.15, 0.2) is 11.5 Å². The summed E-state index contributed by atoms with van der Waals surface area (Å²) in [6.07, 6.45) is 9.39. The minimum atomic E-state index is -4.78. The van der Waals surface area contributed by atoms with Crippen molar-refractivity contribution in [3.63, 3.8) is 0 Å². The average Bonchev–Trinajstić information content (AvgIpc) is 2.63. The summed E-state index contributed by atoms with van der Waals surface area (Å²) < 4.78 is 35.6. The summed E-state index contributed by atoms with van der Waals surface area (Å²) >= 11 is 0. The van der Waals surface area contributed by atoms with Crippen LogP contribution in [0.2, 0.25) is 0 Å². The summed E-state index contributed by atoms with van der Waals surface area (Å²) in [5.74, 6) is -2.70. The molecule has 31 heavy (non-hydrogen) atoms. The maximum Gasteiger partial charge on any atom is 1.00 e. The first-order chi connectivity index (χ1) is 13.6. The van der Waals surface area contributed by atoms with Gasteiger partial charge < -0.3 is 22.9 Å². The van der Waals surface area contributed by atoms with E-state index < -0.39 is 40.0 Å². The molecule has 0 bridgehead atoms. The quantitative estimate of drug-likeness (QED) is 0.0586. The van der Waals surface area contributed by atoms with E-state index in [9.17, 15) is 18.0 Å². The van der Waals surface area contributed by atoms with Crippen molar-refractivity contribution in [2.75, 3.05) is 6.61 Å². The number of carboxylic acid groups (broad SMARTS) is 1. The van der Waals surface area contributed by atoms with E-state index in [1.807, 2.05) is 0 Å². The Labute approximate surface area is 234 Å². The Balaban J connectivity index is -0.000000182. The first-order valence-electron chi connectivity index (χ1n) is 10.3. The average molecular weight is 491 g/mol. The first kappa shape index (κ1) is 39.0. The predicted molar refractivity (Wildman–Crippen MR) is 111 cm³/mol. The molecule has 178 valence electrons. The second-order valence-electron chi connectivity index (χ2n) is 6.84. The van der Waals surface area contributed by atoms with Gasteiger partial charge in [-0.2, -0.15) is 8.42 Å². The number of unbranched alkanes of at least 4 members (excludes halogenated alkanes) is 9. The molecule has 0 spiro atoms. The van der Waals surface area contributed by atoms with Crippen molar-refractivity contribution in [3.8, 4) is 0 Å². The van der Waals surface area contributed by atoms with Gasteiger partial charge in [-0.25, -0.2) is 0 Å². The van der Waals surface area contributed by atoms with E-state index in [1.54, 1.807) is 6.92 Å². The summed E-state index contributed by atoms with van der Waals surface area (Å²) in [5.41, 5.74) is 0. The van der Waals surface area contributed by atoms with E-state index in [0.29, 0.717) is 12.8 Å². The number of carboxylic acids is 1. The molecule has 0 radical (unpaired) electrons. The van der Waals surface area contributed by atoms with E-state index in [2.05, 4.69) is 6.92 Å². The Kier molecular flexibility index (Phi) is 32.0. The third-order valence-corrected chi connectivity index (χ3v) is 5.17. The fourth-order valence-corrected chi connectivity index (χ4v) is 2.99. The third-order valence-electron chi connectivity index (χ3n) is 4.09. The van der Waals surface area contributed by atoms with Crippen LogP contribution in [0.25, 0.3) is 0 Å². The van der Waals surface area contributed by atoms with Crippen LogP contribution >= 0.6 is 0 Å². The van der Waals surface area contributed by atoms with Crippen molar-refractivity contribution in [2.24, 2.45) is 0 Å². The number of aliphatic hydroxyl groups excluding tert-OH is 1. The third kappa shape index (κ3) is 28.7. The van der Waals surface area contributed by atoms with Gasteiger partial charge >= 0.3 is 71.1 Å². The van der Waals surface area contributed by atoms with Gasteiger partial charge in [0, 0.05) is 0 Å². The minimum absolute atomic E-state index is 0. The summed E-state index contributed by atoms with van der Waals surface area (Å²) in [6, 6.07) is 0. The Morgan fingerprint density at radius 1 is 0.871 bits per heavy atom. The van der Waals surface area contributed by atoms with Crippen molar-refractivity contribution < 1.29 is 105 Å². The fourth-order valence-electron chi connectivity index (χ4n) is 2.32. The molecule has 0 aromatic heterocycles. The van der Waals surface area contributed by atoms with Crippen LogP contribution in [-0.2, 0) is 24.4 Å². The number of carbonyl (C=O) groups is 2. The molecule has 0 fully saturated rings. The standard InChI is InChI=1S/C16H30O7S.C3H8O2.2Na.2H/c1-2-3-4-5-6-7-8-9-10-11-12-23-16(19)14(13-15(17)18)24(20,21)22;1-2-3(4)5;;;;/h14H,2-13H2,1H3,(H,17,18)(H,20,21,22);3-5H,2H2,1H3;;;;/q;;2*+1;2*-1. The molecule has 0 saturated heterocycles. The Bertz CT molecular complexity index is 539. The van der Waals surface area contributed by atoms with Gasteiger partial charge in [0.25, 0.3) is 10.1 Å². The number of rotatable bonds is 16. The van der Waals surface area contributed by atoms with Gasteiger partial charge in [-0.15, -0.1) is 0 Å². The minimum Gasteiger partial charge on any atom is -1.00 e. The van der Waals surface area contributed by atoms with E-state index in [4.69, 9.17) is 24.6 Å². The van der Waals surface area contributed by atoms with E-state index in [-0.39, 0.29) is 68.6 Å². The SMILES string of the molecule is CCC(O)O.CCCCCCCCCCCCOC(=O)C(CC(=O)O)S(=O)(=O)O.[H-].[H-].[Na+].[Na+]. The second-order valence-corrected chi connectivity index (χ2v) is 8.44. The van der Waals surface area contributed by atoms with Crippen LogP contribution in [0.15, 0.2) is 0 Å². The van der Waals surface area contributed by atoms with Crippen LogP contribution < -0.4 is 59.1 Å². The van der Waals surface area contributed by atoms with Crippen molar-refractivity contribution >= 4 is 22.1 Å². The number of hydrogen-bond acceptors (Lipinski definition) is 7. The van der Waals surface area contributed by atoms with Crippen molar-refractivity contribution in [1.29, 1.82) is 0 Å². The van der Waals surface area contributed by atoms with Crippen LogP contribution in [0.1, 0.15) is 93.8 Å². The second kappa shape index (κ2) is 25.4. The Morgan fingerprint density at radius 3 is 1.58 bits per heavy atom. The van der Waals surface area contributed by atoms with Gasteiger partial charge in [0.2, 0.25) is 0 Å². The molecule has 0 rings (SSSR count). The molecule has 0 heterocycles. The molecular weight excluding hydrogens is 450 g/mol. The topological polar surface area (TPSA) is 158 Å². The number of aliphatic hydroxyl groups is 2. The van der Waals surface area contributed by atoms with E-state index >= 15 is 0 Å². The molecule has 0 aliphatic heterocycles. The summed E-state index contributed by atoms with van der Waals surface area (Å²) in [4.78, 5) is 22.1. The largest absolute Gasteiger partial charge is 1.00 e. The maximum atomic E-state index is 11.6.